The Labute approximate surface area is 174 Å². The molecule has 30 heavy (non-hydrogen) atoms. The molecule has 1 saturated heterocycles. The second kappa shape index (κ2) is 6.52. The van der Waals surface area contributed by atoms with Gasteiger partial charge in [-0.25, -0.2) is 9.69 Å². The van der Waals surface area contributed by atoms with Crippen LogP contribution < -0.4 is 14.4 Å². The Morgan fingerprint density at radius 1 is 1.10 bits per heavy atom. The lowest BCUT2D eigenvalue weighted by molar-refractivity contribution is -0.125. The van der Waals surface area contributed by atoms with Crippen LogP contribution in [0.1, 0.15) is 25.1 Å². The smallest absolute Gasteiger partial charge is 0.332 e. The molecule has 7 heteroatoms. The molecule has 5 rings (SSSR count). The van der Waals surface area contributed by atoms with Crippen LogP contribution in [0.15, 0.2) is 42.5 Å². The van der Waals surface area contributed by atoms with Gasteiger partial charge >= 0.3 is 6.03 Å². The van der Waals surface area contributed by atoms with Gasteiger partial charge in [0.05, 0.1) is 25.1 Å². The van der Waals surface area contributed by atoms with Gasteiger partial charge in [0.1, 0.15) is 11.5 Å². The van der Waals surface area contributed by atoms with Crippen molar-refractivity contribution in [3.8, 4) is 11.5 Å². The Morgan fingerprint density at radius 3 is 2.53 bits per heavy atom. The molecule has 0 spiro atoms. The zero-order chi connectivity index (χ0) is 21.0. The number of nitrogens with one attached hydrogen (secondary N) is 1. The summed E-state index contributed by atoms with van der Waals surface area (Å²) in [5, 5.41) is 1.03. The maximum absolute atomic E-state index is 13.6. The minimum atomic E-state index is -1.07. The first-order chi connectivity index (χ1) is 14.5. The lowest BCUT2D eigenvalue weighted by atomic mass is 9.87. The molecule has 1 fully saturated rings. The van der Waals surface area contributed by atoms with Gasteiger partial charge in [0, 0.05) is 17.4 Å². The number of benzene rings is 2. The number of ether oxygens (including phenoxy) is 2. The maximum Gasteiger partial charge on any atom is 0.332 e. The number of rotatable bonds is 4. The summed E-state index contributed by atoms with van der Waals surface area (Å²) < 4.78 is 10.8. The highest BCUT2D eigenvalue weighted by atomic mass is 16.5. The highest BCUT2D eigenvalue weighted by Crippen LogP contribution is 2.45. The van der Waals surface area contributed by atoms with Crippen molar-refractivity contribution in [2.75, 3.05) is 25.2 Å². The van der Waals surface area contributed by atoms with Crippen LogP contribution in [0.25, 0.3) is 10.9 Å². The SMILES string of the molecule is CCOc1ccc(N2C(=O)N3CCc4c([nH]c5ccc(OC)cc45)[C@@]3(C)C2=O)cc1. The molecule has 154 valence electrons. The second-order valence-electron chi connectivity index (χ2n) is 7.71. The number of nitrogens with zero attached hydrogens (tertiary/aromatic N) is 2. The van der Waals surface area contributed by atoms with Gasteiger partial charge in [0.25, 0.3) is 5.91 Å². The third-order valence-corrected chi connectivity index (χ3v) is 6.17. The summed E-state index contributed by atoms with van der Waals surface area (Å²) in [5.74, 6) is 1.22. The van der Waals surface area contributed by atoms with Gasteiger partial charge in [-0.1, -0.05) is 0 Å². The van der Waals surface area contributed by atoms with Gasteiger partial charge in [-0.3, -0.25) is 4.79 Å². The summed E-state index contributed by atoms with van der Waals surface area (Å²) in [6.45, 7) is 4.77. The molecule has 1 aromatic heterocycles. The fraction of sp³-hybridized carbons (Fsp3) is 0.304. The van der Waals surface area contributed by atoms with E-state index in [0.29, 0.717) is 31.0 Å². The number of carbonyl (C=O) groups excluding carboxylic acids is 2. The normalized spacial score (nSPS) is 20.5. The molecule has 2 aromatic carbocycles. The van der Waals surface area contributed by atoms with Crippen molar-refractivity contribution in [1.82, 2.24) is 9.88 Å². The van der Waals surface area contributed by atoms with E-state index < -0.39 is 5.54 Å². The summed E-state index contributed by atoms with van der Waals surface area (Å²) in [7, 11) is 1.64. The first-order valence-electron chi connectivity index (χ1n) is 10.1. The number of amides is 3. The molecule has 3 heterocycles. The molecule has 1 N–H and O–H groups in total. The third kappa shape index (κ3) is 2.38. The lowest BCUT2D eigenvalue weighted by Crippen LogP contribution is -2.49. The average molecular weight is 405 g/mol. The number of urea groups is 1. The first kappa shape index (κ1) is 18.5. The number of H-pyrrole nitrogens is 1. The molecule has 3 aromatic rings. The van der Waals surface area contributed by atoms with Crippen LogP contribution in [-0.4, -0.2) is 42.1 Å². The van der Waals surface area contributed by atoms with E-state index in [2.05, 4.69) is 4.98 Å². The molecular weight excluding hydrogens is 382 g/mol. The zero-order valence-electron chi connectivity index (χ0n) is 17.2. The van der Waals surface area contributed by atoms with Crippen LogP contribution in [0.5, 0.6) is 11.5 Å². The first-order valence-corrected chi connectivity index (χ1v) is 10.1. The van der Waals surface area contributed by atoms with Crippen molar-refractivity contribution in [2.24, 2.45) is 0 Å². The Hall–Kier alpha value is -3.48. The van der Waals surface area contributed by atoms with Gasteiger partial charge in [-0.15, -0.1) is 0 Å². The second-order valence-corrected chi connectivity index (χ2v) is 7.71. The van der Waals surface area contributed by atoms with Gasteiger partial charge < -0.3 is 19.4 Å². The molecule has 0 bridgehead atoms. The van der Waals surface area contributed by atoms with Crippen LogP contribution in [0, 0.1) is 0 Å². The monoisotopic (exact) mass is 405 g/mol. The highest BCUT2D eigenvalue weighted by Gasteiger charge is 2.59. The molecule has 7 nitrogen and oxygen atoms in total. The van der Waals surface area contributed by atoms with Crippen LogP contribution in [0.4, 0.5) is 10.5 Å². The van der Waals surface area contributed by atoms with Crippen molar-refractivity contribution in [1.29, 1.82) is 0 Å². The number of fused-ring (bicyclic) bond motifs is 5. The van der Waals surface area contributed by atoms with Crippen molar-refractivity contribution in [3.63, 3.8) is 0 Å². The molecule has 0 unspecified atom stereocenters. The molecule has 1 atom stereocenters. The molecule has 2 aliphatic heterocycles. The Kier molecular flexibility index (Phi) is 4.03. The van der Waals surface area contributed by atoms with Crippen LogP contribution in [0.2, 0.25) is 0 Å². The summed E-state index contributed by atoms with van der Waals surface area (Å²) in [5.41, 5.74) is 2.25. The number of hydrogen-bond donors (Lipinski definition) is 1. The fourth-order valence-electron chi connectivity index (χ4n) is 4.63. The minimum Gasteiger partial charge on any atom is -0.497 e. The summed E-state index contributed by atoms with van der Waals surface area (Å²) in [6, 6.07) is 12.6. The Balaban J connectivity index is 1.60. The van der Waals surface area contributed by atoms with Crippen molar-refractivity contribution in [2.45, 2.75) is 25.8 Å². The van der Waals surface area contributed by atoms with Gasteiger partial charge in [-0.05, 0) is 68.3 Å². The van der Waals surface area contributed by atoms with Crippen LogP contribution >= 0.6 is 0 Å². The quantitative estimate of drug-likeness (QED) is 0.670. The zero-order valence-corrected chi connectivity index (χ0v) is 17.2. The lowest BCUT2D eigenvalue weighted by Gasteiger charge is -2.35. The topological polar surface area (TPSA) is 74.9 Å². The van der Waals surface area contributed by atoms with E-state index >= 15 is 0 Å². The number of methoxy groups -OCH3 is 1. The number of aromatic amines is 1. The van der Waals surface area contributed by atoms with Gasteiger partial charge in [-0.2, -0.15) is 0 Å². The van der Waals surface area contributed by atoms with E-state index in [1.165, 1.54) is 4.90 Å². The van der Waals surface area contributed by atoms with Crippen LogP contribution in [-0.2, 0) is 16.8 Å². The standard InChI is InChI=1S/C23H23N3O4/c1-4-30-15-7-5-14(6-8-15)26-21(27)23(2)20-17(11-12-25(23)22(26)28)18-13-16(29-3)9-10-19(18)24-20/h5-10,13,24H,4,11-12H2,1-3H3/t23-/m0/s1. The van der Waals surface area contributed by atoms with E-state index in [0.717, 1.165) is 27.9 Å². The van der Waals surface area contributed by atoms with E-state index in [9.17, 15) is 9.59 Å². The van der Waals surface area contributed by atoms with Gasteiger partial charge in [0.2, 0.25) is 0 Å². The number of carbonyl (C=O) groups is 2. The number of anilines is 1. The van der Waals surface area contributed by atoms with Crippen molar-refractivity contribution >= 4 is 28.5 Å². The Bertz CT molecular complexity index is 1170. The Morgan fingerprint density at radius 2 is 1.83 bits per heavy atom. The predicted molar refractivity (Wildman–Crippen MR) is 113 cm³/mol. The minimum absolute atomic E-state index is 0.254. The number of imide groups is 1. The molecular formula is C23H23N3O4. The van der Waals surface area contributed by atoms with Crippen LogP contribution in [0.3, 0.4) is 0 Å². The van der Waals surface area contributed by atoms with E-state index in [-0.39, 0.29) is 11.9 Å². The van der Waals surface area contributed by atoms with E-state index in [1.54, 1.807) is 36.3 Å². The molecule has 3 amide bonds. The highest BCUT2D eigenvalue weighted by molar-refractivity contribution is 6.23. The molecule has 0 saturated carbocycles. The maximum atomic E-state index is 13.6. The van der Waals surface area contributed by atoms with Gasteiger partial charge in [0.15, 0.2) is 5.54 Å². The van der Waals surface area contributed by atoms with Crippen molar-refractivity contribution in [3.05, 3.63) is 53.7 Å². The summed E-state index contributed by atoms with van der Waals surface area (Å²) in [4.78, 5) is 33.2. The summed E-state index contributed by atoms with van der Waals surface area (Å²) in [6.07, 6.45) is 0.675. The average Bonchev–Trinajstić information content (AvgIpc) is 3.22. The number of aromatic nitrogens is 1. The molecule has 0 radical (unpaired) electrons. The third-order valence-electron chi connectivity index (χ3n) is 6.17. The largest absolute Gasteiger partial charge is 0.497 e. The fourth-order valence-corrected chi connectivity index (χ4v) is 4.63. The predicted octanol–water partition coefficient (Wildman–Crippen LogP) is 3.82. The summed E-state index contributed by atoms with van der Waals surface area (Å²) >= 11 is 0. The molecule has 2 aliphatic rings. The molecule has 0 aliphatic carbocycles. The van der Waals surface area contributed by atoms with E-state index in [4.69, 9.17) is 9.47 Å². The van der Waals surface area contributed by atoms with Crippen molar-refractivity contribution < 1.29 is 19.1 Å². The van der Waals surface area contributed by atoms with E-state index in [1.807, 2.05) is 32.0 Å². The number of hydrogen-bond acceptors (Lipinski definition) is 4.